The maximum Gasteiger partial charge on any atom is 0.225 e. The fourth-order valence-corrected chi connectivity index (χ4v) is 2.73. The van der Waals surface area contributed by atoms with Gasteiger partial charge in [0, 0.05) is 7.05 Å². The lowest BCUT2D eigenvalue weighted by molar-refractivity contribution is -0.156. The van der Waals surface area contributed by atoms with Crippen molar-refractivity contribution in [2.75, 3.05) is 13.7 Å². The summed E-state index contributed by atoms with van der Waals surface area (Å²) in [5.74, 6) is -0.990. The van der Waals surface area contributed by atoms with Crippen molar-refractivity contribution in [1.29, 1.82) is 0 Å². The van der Waals surface area contributed by atoms with Crippen molar-refractivity contribution in [1.82, 2.24) is 4.90 Å². The van der Waals surface area contributed by atoms with Crippen molar-refractivity contribution in [2.45, 2.75) is 57.3 Å². The lowest BCUT2D eigenvalue weighted by atomic mass is 10.0. The van der Waals surface area contributed by atoms with Gasteiger partial charge in [-0.15, -0.1) is 0 Å². The summed E-state index contributed by atoms with van der Waals surface area (Å²) in [6.07, 6.45) is -2.33. The van der Waals surface area contributed by atoms with Crippen molar-refractivity contribution in [3.63, 3.8) is 0 Å². The average Bonchev–Trinajstić information content (AvgIpc) is 2.93. The fourth-order valence-electron chi connectivity index (χ4n) is 2.73. The largest absolute Gasteiger partial charge is 0.390 e. The molecule has 0 bridgehead atoms. The maximum atomic E-state index is 12.4. The number of aliphatic hydroxyl groups is 2. The molecule has 0 saturated carbocycles. The second kappa shape index (κ2) is 7.61. The van der Waals surface area contributed by atoms with Crippen LogP contribution in [0.5, 0.6) is 0 Å². The molecule has 1 aliphatic rings. The van der Waals surface area contributed by atoms with Crippen molar-refractivity contribution in [3.05, 3.63) is 35.9 Å². The Hall–Kier alpha value is -1.47. The minimum atomic E-state index is -0.942. The van der Waals surface area contributed by atoms with Gasteiger partial charge in [-0.05, 0) is 26.3 Å². The molecule has 1 aliphatic heterocycles. The van der Waals surface area contributed by atoms with Crippen LogP contribution in [0.25, 0.3) is 0 Å². The third-order valence-corrected chi connectivity index (χ3v) is 4.45. The zero-order chi connectivity index (χ0) is 17.9. The minimum absolute atomic E-state index is 0.0769. The van der Waals surface area contributed by atoms with Crippen LogP contribution in [-0.2, 0) is 14.3 Å². The number of rotatable bonds is 6. The number of benzene rings is 1. The lowest BCUT2D eigenvalue weighted by Crippen LogP contribution is -2.42. The van der Waals surface area contributed by atoms with Gasteiger partial charge in [0.15, 0.2) is 5.79 Å². The first kappa shape index (κ1) is 18.9. The van der Waals surface area contributed by atoms with E-state index in [1.165, 1.54) is 4.90 Å². The molecule has 0 spiro atoms. The van der Waals surface area contributed by atoms with Crippen LogP contribution in [0.1, 0.15) is 38.9 Å². The predicted molar refractivity (Wildman–Crippen MR) is 89.2 cm³/mol. The molecule has 2 N–H and O–H groups in total. The number of nitrogens with zero attached hydrogens (tertiary/aromatic N) is 1. The van der Waals surface area contributed by atoms with Crippen LogP contribution >= 0.6 is 0 Å². The first-order valence-electron chi connectivity index (χ1n) is 8.20. The average molecular weight is 337 g/mol. The number of aliphatic hydroxyl groups excluding tert-OH is 2. The molecule has 2 rings (SSSR count). The van der Waals surface area contributed by atoms with Crippen LogP contribution in [0, 0.1) is 0 Å². The number of amides is 1. The molecular formula is C18H27NO5. The number of hydrogen-bond donors (Lipinski definition) is 2. The van der Waals surface area contributed by atoms with Crippen molar-refractivity contribution in [2.24, 2.45) is 0 Å². The molecular weight excluding hydrogens is 310 g/mol. The van der Waals surface area contributed by atoms with E-state index in [0.29, 0.717) is 0 Å². The van der Waals surface area contributed by atoms with Gasteiger partial charge in [-0.1, -0.05) is 30.3 Å². The molecule has 24 heavy (non-hydrogen) atoms. The summed E-state index contributed by atoms with van der Waals surface area (Å²) in [7, 11) is 1.63. The van der Waals surface area contributed by atoms with Crippen LogP contribution < -0.4 is 0 Å². The van der Waals surface area contributed by atoms with E-state index in [9.17, 15) is 15.0 Å². The van der Waals surface area contributed by atoms with E-state index in [4.69, 9.17) is 9.47 Å². The van der Waals surface area contributed by atoms with Gasteiger partial charge in [0.2, 0.25) is 5.91 Å². The van der Waals surface area contributed by atoms with Crippen molar-refractivity contribution in [3.8, 4) is 0 Å². The monoisotopic (exact) mass is 337 g/mol. The van der Waals surface area contributed by atoms with Crippen LogP contribution in [0.15, 0.2) is 30.3 Å². The van der Waals surface area contributed by atoms with Crippen molar-refractivity contribution >= 4 is 5.91 Å². The second-order valence-electron chi connectivity index (χ2n) is 6.74. The molecule has 0 unspecified atom stereocenters. The number of ether oxygens (including phenoxy) is 2. The zero-order valence-corrected chi connectivity index (χ0v) is 14.7. The third kappa shape index (κ3) is 4.54. The minimum Gasteiger partial charge on any atom is -0.390 e. The SMILES string of the molecule is C[C@H]([C@H](O)c1ccccc1)N(C)C(=O)C[C@H](O)[C@H]1COC(C)(C)O1. The van der Waals surface area contributed by atoms with Gasteiger partial charge in [0.25, 0.3) is 0 Å². The Kier molecular flexibility index (Phi) is 5.98. The normalized spacial score (nSPS) is 23.5. The molecule has 1 fully saturated rings. The highest BCUT2D eigenvalue weighted by Gasteiger charge is 2.38. The molecule has 0 aliphatic carbocycles. The van der Waals surface area contributed by atoms with Crippen LogP contribution in [0.4, 0.5) is 0 Å². The quantitative estimate of drug-likeness (QED) is 0.822. The number of carbonyl (C=O) groups excluding carboxylic acids is 1. The first-order valence-corrected chi connectivity index (χ1v) is 8.20. The molecule has 1 aromatic carbocycles. The topological polar surface area (TPSA) is 79.2 Å². The number of carbonyl (C=O) groups is 1. The molecule has 6 heteroatoms. The first-order chi connectivity index (χ1) is 11.2. The van der Waals surface area contributed by atoms with Gasteiger partial charge < -0.3 is 24.6 Å². The summed E-state index contributed by atoms with van der Waals surface area (Å²) in [4.78, 5) is 13.9. The summed E-state index contributed by atoms with van der Waals surface area (Å²) in [6.45, 7) is 5.57. The summed E-state index contributed by atoms with van der Waals surface area (Å²) >= 11 is 0. The standard InChI is InChI=1S/C18H27NO5/c1-12(17(22)13-8-6-5-7-9-13)19(4)16(21)10-14(20)15-11-23-18(2,3)24-15/h5-9,12,14-15,17,20,22H,10-11H2,1-4H3/t12-,14+,15-,17+/m1/s1. The van der Waals surface area contributed by atoms with Gasteiger partial charge in [0.05, 0.1) is 31.3 Å². The maximum absolute atomic E-state index is 12.4. The molecule has 1 heterocycles. The Labute approximate surface area is 143 Å². The van der Waals surface area contributed by atoms with Crippen molar-refractivity contribution < 1.29 is 24.5 Å². The molecule has 1 amide bonds. The van der Waals surface area contributed by atoms with Crippen LogP contribution in [-0.4, -0.2) is 58.7 Å². The smallest absolute Gasteiger partial charge is 0.225 e. The van der Waals surface area contributed by atoms with E-state index in [2.05, 4.69) is 0 Å². The van der Waals surface area contributed by atoms with Gasteiger partial charge in [-0.3, -0.25) is 4.79 Å². The molecule has 1 aromatic rings. The summed E-state index contributed by atoms with van der Waals surface area (Å²) in [6, 6.07) is 8.79. The molecule has 1 saturated heterocycles. The molecule has 134 valence electrons. The molecule has 6 nitrogen and oxygen atoms in total. The van der Waals surface area contributed by atoms with Gasteiger partial charge in [0.1, 0.15) is 6.10 Å². The number of likely N-dealkylation sites (N-methyl/N-ethyl adjacent to an activating group) is 1. The Bertz CT molecular complexity index is 548. The van der Waals surface area contributed by atoms with E-state index in [1.54, 1.807) is 27.8 Å². The van der Waals surface area contributed by atoms with E-state index in [1.807, 2.05) is 30.3 Å². The molecule has 0 aromatic heterocycles. The summed E-state index contributed by atoms with van der Waals surface area (Å²) in [5.41, 5.74) is 0.750. The highest BCUT2D eigenvalue weighted by molar-refractivity contribution is 5.76. The highest BCUT2D eigenvalue weighted by Crippen LogP contribution is 2.26. The van der Waals surface area contributed by atoms with Gasteiger partial charge in [-0.2, -0.15) is 0 Å². The summed E-state index contributed by atoms with van der Waals surface area (Å²) in [5, 5.41) is 20.6. The van der Waals surface area contributed by atoms with E-state index < -0.39 is 30.1 Å². The van der Waals surface area contributed by atoms with Gasteiger partial charge in [-0.25, -0.2) is 0 Å². The van der Waals surface area contributed by atoms with Crippen LogP contribution in [0.2, 0.25) is 0 Å². The van der Waals surface area contributed by atoms with E-state index in [-0.39, 0.29) is 18.9 Å². The zero-order valence-electron chi connectivity index (χ0n) is 14.7. The van der Waals surface area contributed by atoms with E-state index in [0.717, 1.165) is 5.56 Å². The predicted octanol–water partition coefficient (Wildman–Crippen LogP) is 1.47. The molecule has 4 atom stereocenters. The second-order valence-corrected chi connectivity index (χ2v) is 6.74. The van der Waals surface area contributed by atoms with Crippen LogP contribution in [0.3, 0.4) is 0 Å². The Balaban J connectivity index is 1.91. The van der Waals surface area contributed by atoms with E-state index >= 15 is 0 Å². The summed E-state index contributed by atoms with van der Waals surface area (Å²) < 4.78 is 11.0. The van der Waals surface area contributed by atoms with Gasteiger partial charge >= 0.3 is 0 Å². The fraction of sp³-hybridized carbons (Fsp3) is 0.611. The Morgan fingerprint density at radius 3 is 2.50 bits per heavy atom. The Morgan fingerprint density at radius 1 is 1.33 bits per heavy atom. The molecule has 0 radical (unpaired) electrons. The Morgan fingerprint density at radius 2 is 1.96 bits per heavy atom. The lowest BCUT2D eigenvalue weighted by Gasteiger charge is -2.30. The third-order valence-electron chi connectivity index (χ3n) is 4.45. The number of hydrogen-bond acceptors (Lipinski definition) is 5. The highest BCUT2D eigenvalue weighted by atomic mass is 16.7.